The summed E-state index contributed by atoms with van der Waals surface area (Å²) in [4.78, 5) is 26.2. The number of benzene rings is 1. The lowest BCUT2D eigenvalue weighted by Gasteiger charge is -2.24. The van der Waals surface area contributed by atoms with Gasteiger partial charge < -0.3 is 14.9 Å². The molecule has 0 saturated carbocycles. The fourth-order valence-corrected chi connectivity index (χ4v) is 2.37. The third kappa shape index (κ3) is 3.05. The number of likely N-dealkylation sites (N-methyl/N-ethyl adjacent to an activating group) is 1. The molecule has 1 amide bonds. The fraction of sp³-hybridized carbons (Fsp3) is 0.429. The fourth-order valence-electron chi connectivity index (χ4n) is 2.37. The van der Waals surface area contributed by atoms with Gasteiger partial charge in [-0.25, -0.2) is 0 Å². The Morgan fingerprint density at radius 3 is 2.79 bits per heavy atom. The van der Waals surface area contributed by atoms with E-state index in [1.54, 1.807) is 6.92 Å². The van der Waals surface area contributed by atoms with Gasteiger partial charge in [0.1, 0.15) is 6.54 Å². The topological polar surface area (TPSA) is 60.9 Å². The number of hydrogen-bond acceptors (Lipinski definition) is 3. The van der Waals surface area contributed by atoms with Crippen LogP contribution in [0.5, 0.6) is 0 Å². The lowest BCUT2D eigenvalue weighted by Crippen LogP contribution is -2.42. The Balaban J connectivity index is 2.02. The number of carbonyl (C=O) groups excluding carboxylic acids is 1. The molecule has 1 aromatic carbocycles. The van der Waals surface area contributed by atoms with Gasteiger partial charge in [0.2, 0.25) is 5.91 Å². The van der Waals surface area contributed by atoms with Crippen LogP contribution in [0.4, 0.5) is 5.69 Å². The number of aliphatic carboxylic acids is 1. The van der Waals surface area contributed by atoms with Crippen molar-refractivity contribution in [3.05, 3.63) is 29.8 Å². The second-order valence-corrected chi connectivity index (χ2v) is 4.60. The van der Waals surface area contributed by atoms with Crippen LogP contribution in [0, 0.1) is 0 Å². The molecule has 102 valence electrons. The molecule has 0 atom stereocenters. The minimum atomic E-state index is -0.975. The highest BCUT2D eigenvalue weighted by Crippen LogP contribution is 2.26. The van der Waals surface area contributed by atoms with Crippen LogP contribution in [-0.4, -0.2) is 48.1 Å². The molecule has 1 heterocycles. The Hall–Kier alpha value is -2.04. The minimum absolute atomic E-state index is 0.137. The van der Waals surface area contributed by atoms with Gasteiger partial charge >= 0.3 is 5.97 Å². The quantitative estimate of drug-likeness (QED) is 0.859. The highest BCUT2D eigenvalue weighted by molar-refractivity contribution is 5.85. The number of hydrogen-bond donors (Lipinski definition) is 1. The van der Waals surface area contributed by atoms with E-state index in [0.29, 0.717) is 6.54 Å². The highest BCUT2D eigenvalue weighted by atomic mass is 16.4. The van der Waals surface area contributed by atoms with Gasteiger partial charge in [-0.3, -0.25) is 9.59 Å². The molecule has 1 aromatic rings. The first-order valence-electron chi connectivity index (χ1n) is 6.44. The molecule has 5 nitrogen and oxygen atoms in total. The molecule has 0 radical (unpaired) electrons. The Kier molecular flexibility index (Phi) is 4.04. The Morgan fingerprint density at radius 1 is 1.37 bits per heavy atom. The van der Waals surface area contributed by atoms with E-state index in [1.807, 2.05) is 23.1 Å². The van der Waals surface area contributed by atoms with Crippen LogP contribution in [0.3, 0.4) is 0 Å². The van der Waals surface area contributed by atoms with Crippen molar-refractivity contribution in [3.8, 4) is 0 Å². The van der Waals surface area contributed by atoms with Crippen molar-refractivity contribution < 1.29 is 14.7 Å². The van der Waals surface area contributed by atoms with Crippen LogP contribution in [-0.2, 0) is 16.0 Å². The molecule has 0 spiro atoms. The van der Waals surface area contributed by atoms with E-state index in [4.69, 9.17) is 5.11 Å². The van der Waals surface area contributed by atoms with Gasteiger partial charge in [0.15, 0.2) is 0 Å². The van der Waals surface area contributed by atoms with E-state index < -0.39 is 5.97 Å². The van der Waals surface area contributed by atoms with Crippen LogP contribution in [0.1, 0.15) is 12.5 Å². The summed E-state index contributed by atoms with van der Waals surface area (Å²) in [5, 5.41) is 8.78. The van der Waals surface area contributed by atoms with Crippen LogP contribution in [0.2, 0.25) is 0 Å². The number of rotatable bonds is 5. The summed E-state index contributed by atoms with van der Waals surface area (Å²) in [6.45, 7) is 3.04. The number of carbonyl (C=O) groups is 2. The van der Waals surface area contributed by atoms with Crippen LogP contribution in [0.15, 0.2) is 24.3 Å². The van der Waals surface area contributed by atoms with Crippen molar-refractivity contribution in [2.75, 3.05) is 31.1 Å². The third-order valence-electron chi connectivity index (χ3n) is 3.37. The molecule has 1 aliphatic rings. The first kappa shape index (κ1) is 13.4. The molecule has 0 aromatic heterocycles. The predicted octanol–water partition coefficient (Wildman–Crippen LogP) is 0.982. The van der Waals surface area contributed by atoms with Crippen LogP contribution in [0.25, 0.3) is 0 Å². The Morgan fingerprint density at radius 2 is 2.11 bits per heavy atom. The molecule has 0 bridgehead atoms. The average Bonchev–Trinajstić information content (AvgIpc) is 2.79. The second kappa shape index (κ2) is 5.73. The van der Waals surface area contributed by atoms with E-state index in [0.717, 1.165) is 18.7 Å². The van der Waals surface area contributed by atoms with E-state index in [1.165, 1.54) is 10.5 Å². The maximum Gasteiger partial charge on any atom is 0.323 e. The summed E-state index contributed by atoms with van der Waals surface area (Å²) < 4.78 is 0. The first-order valence-corrected chi connectivity index (χ1v) is 6.44. The number of carboxylic acid groups (broad SMARTS) is 1. The zero-order valence-electron chi connectivity index (χ0n) is 11.0. The van der Waals surface area contributed by atoms with Gasteiger partial charge in [0, 0.05) is 18.8 Å². The predicted molar refractivity (Wildman–Crippen MR) is 72.2 cm³/mol. The van der Waals surface area contributed by atoms with Crippen molar-refractivity contribution in [2.24, 2.45) is 0 Å². The van der Waals surface area contributed by atoms with Crippen LogP contribution < -0.4 is 4.90 Å². The SMILES string of the molecule is CCN(CC(=O)O)C(=O)CN1CCc2ccccc21. The average molecular weight is 262 g/mol. The smallest absolute Gasteiger partial charge is 0.323 e. The number of amides is 1. The molecule has 0 fully saturated rings. The monoisotopic (exact) mass is 262 g/mol. The van der Waals surface area contributed by atoms with E-state index in [2.05, 4.69) is 6.07 Å². The Labute approximate surface area is 112 Å². The zero-order chi connectivity index (χ0) is 13.8. The molecule has 1 aliphatic heterocycles. The third-order valence-corrected chi connectivity index (χ3v) is 3.37. The van der Waals surface area contributed by atoms with Crippen molar-refractivity contribution >= 4 is 17.6 Å². The molecule has 2 rings (SSSR count). The standard InChI is InChI=1S/C14H18N2O3/c1-2-15(10-14(18)19)13(17)9-16-8-7-11-5-3-4-6-12(11)16/h3-6H,2,7-10H2,1H3,(H,18,19). The van der Waals surface area contributed by atoms with E-state index >= 15 is 0 Å². The van der Waals surface area contributed by atoms with Gasteiger partial charge in [-0.2, -0.15) is 0 Å². The second-order valence-electron chi connectivity index (χ2n) is 4.60. The van der Waals surface area contributed by atoms with E-state index in [9.17, 15) is 9.59 Å². The minimum Gasteiger partial charge on any atom is -0.480 e. The summed E-state index contributed by atoms with van der Waals surface area (Å²) in [6.07, 6.45) is 0.939. The molecular formula is C14H18N2O3. The Bertz CT molecular complexity index is 487. The van der Waals surface area contributed by atoms with Gasteiger partial charge in [0.25, 0.3) is 0 Å². The molecule has 0 aliphatic carbocycles. The number of anilines is 1. The zero-order valence-corrected chi connectivity index (χ0v) is 11.0. The summed E-state index contributed by atoms with van der Waals surface area (Å²) >= 11 is 0. The van der Waals surface area contributed by atoms with Gasteiger partial charge in [0.05, 0.1) is 6.54 Å². The number of nitrogens with zero attached hydrogens (tertiary/aromatic N) is 2. The van der Waals surface area contributed by atoms with Gasteiger partial charge in [-0.15, -0.1) is 0 Å². The van der Waals surface area contributed by atoms with Crippen molar-refractivity contribution in [2.45, 2.75) is 13.3 Å². The van der Waals surface area contributed by atoms with Crippen molar-refractivity contribution in [1.29, 1.82) is 0 Å². The summed E-state index contributed by atoms with van der Waals surface area (Å²) in [5.74, 6) is -1.11. The molecular weight excluding hydrogens is 244 g/mol. The highest BCUT2D eigenvalue weighted by Gasteiger charge is 2.23. The largest absolute Gasteiger partial charge is 0.480 e. The molecule has 0 saturated heterocycles. The molecule has 0 unspecified atom stereocenters. The number of fused-ring (bicyclic) bond motifs is 1. The summed E-state index contributed by atoms with van der Waals surface area (Å²) in [7, 11) is 0. The first-order chi connectivity index (χ1) is 9.11. The molecule has 5 heteroatoms. The maximum atomic E-state index is 12.1. The maximum absolute atomic E-state index is 12.1. The lowest BCUT2D eigenvalue weighted by atomic mass is 10.2. The van der Waals surface area contributed by atoms with Gasteiger partial charge in [-0.05, 0) is 25.0 Å². The number of carboxylic acids is 1. The molecule has 1 N–H and O–H groups in total. The lowest BCUT2D eigenvalue weighted by molar-refractivity contribution is -0.143. The molecule has 19 heavy (non-hydrogen) atoms. The van der Waals surface area contributed by atoms with E-state index in [-0.39, 0.29) is 19.0 Å². The van der Waals surface area contributed by atoms with Gasteiger partial charge in [-0.1, -0.05) is 18.2 Å². The van der Waals surface area contributed by atoms with Crippen LogP contribution >= 0.6 is 0 Å². The normalized spacial score (nSPS) is 13.2. The van der Waals surface area contributed by atoms with Crippen molar-refractivity contribution in [3.63, 3.8) is 0 Å². The number of para-hydroxylation sites is 1. The summed E-state index contributed by atoms with van der Waals surface area (Å²) in [5.41, 5.74) is 2.33. The van der Waals surface area contributed by atoms with Crippen molar-refractivity contribution in [1.82, 2.24) is 4.90 Å². The summed E-state index contributed by atoms with van der Waals surface area (Å²) in [6, 6.07) is 8.02.